The zero-order chi connectivity index (χ0) is 14.0. The van der Waals surface area contributed by atoms with Crippen LogP contribution >= 0.6 is 24.8 Å². The third-order valence-electron chi connectivity index (χ3n) is 4.29. The summed E-state index contributed by atoms with van der Waals surface area (Å²) in [5.41, 5.74) is 7.22. The Kier molecular flexibility index (Phi) is 6.60. The molecule has 4 nitrogen and oxygen atoms in total. The van der Waals surface area contributed by atoms with Gasteiger partial charge in [0.2, 0.25) is 5.91 Å². The molecule has 1 heterocycles. The molecule has 0 saturated heterocycles. The van der Waals surface area contributed by atoms with Gasteiger partial charge in [0.25, 0.3) is 0 Å². The summed E-state index contributed by atoms with van der Waals surface area (Å²) in [6.07, 6.45) is 5.73. The molecular formula is C16H21Cl2N3O. The first-order chi connectivity index (χ1) is 9.73. The standard InChI is InChI=1S/C16H19N3O.2ClH/c17-11-16(7-1-2-8-16)15(20)19-13-5-6-14-12(10-13)4-3-9-18-14;;/h3-6,9-10H,1-2,7-8,11,17H2,(H,19,20);2*1H. The molecule has 6 heteroatoms. The van der Waals surface area contributed by atoms with Crippen LogP contribution in [0.5, 0.6) is 0 Å². The van der Waals surface area contributed by atoms with E-state index in [9.17, 15) is 4.79 Å². The molecule has 1 aliphatic rings. The molecule has 0 aliphatic heterocycles. The molecule has 3 rings (SSSR count). The van der Waals surface area contributed by atoms with E-state index < -0.39 is 0 Å². The fraction of sp³-hybridized carbons (Fsp3) is 0.375. The molecular weight excluding hydrogens is 321 g/mol. The minimum atomic E-state index is -0.371. The number of nitrogens with two attached hydrogens (primary N) is 1. The van der Waals surface area contributed by atoms with Crippen LogP contribution in [0, 0.1) is 5.41 Å². The van der Waals surface area contributed by atoms with Crippen LogP contribution in [-0.4, -0.2) is 17.4 Å². The lowest BCUT2D eigenvalue weighted by atomic mass is 9.85. The smallest absolute Gasteiger partial charge is 0.231 e. The van der Waals surface area contributed by atoms with Gasteiger partial charge in [-0.15, -0.1) is 24.8 Å². The van der Waals surface area contributed by atoms with Crippen LogP contribution in [0.1, 0.15) is 25.7 Å². The van der Waals surface area contributed by atoms with E-state index in [0.29, 0.717) is 6.54 Å². The van der Waals surface area contributed by atoms with E-state index in [2.05, 4.69) is 10.3 Å². The van der Waals surface area contributed by atoms with Gasteiger partial charge in [-0.25, -0.2) is 0 Å². The molecule has 1 fully saturated rings. The summed E-state index contributed by atoms with van der Waals surface area (Å²) >= 11 is 0. The van der Waals surface area contributed by atoms with E-state index in [0.717, 1.165) is 42.3 Å². The van der Waals surface area contributed by atoms with Crippen LogP contribution in [0.2, 0.25) is 0 Å². The lowest BCUT2D eigenvalue weighted by Gasteiger charge is -2.25. The normalized spacial score (nSPS) is 15.7. The van der Waals surface area contributed by atoms with Gasteiger partial charge in [0.15, 0.2) is 0 Å². The highest BCUT2D eigenvalue weighted by atomic mass is 35.5. The zero-order valence-corrected chi connectivity index (χ0v) is 13.9. The van der Waals surface area contributed by atoms with Gasteiger partial charge in [0.05, 0.1) is 10.9 Å². The van der Waals surface area contributed by atoms with E-state index in [1.54, 1.807) is 6.20 Å². The molecule has 22 heavy (non-hydrogen) atoms. The van der Waals surface area contributed by atoms with Crippen molar-refractivity contribution in [2.45, 2.75) is 25.7 Å². The predicted octanol–water partition coefficient (Wildman–Crippen LogP) is 3.54. The molecule has 120 valence electrons. The Hall–Kier alpha value is -1.36. The van der Waals surface area contributed by atoms with Crippen molar-refractivity contribution < 1.29 is 4.79 Å². The lowest BCUT2D eigenvalue weighted by molar-refractivity contribution is -0.124. The SMILES string of the molecule is Cl.Cl.NCC1(C(=O)Nc2ccc3ncccc3c2)CCCC1. The topological polar surface area (TPSA) is 68.0 Å². The summed E-state index contributed by atoms with van der Waals surface area (Å²) in [6.45, 7) is 0.425. The Morgan fingerprint density at radius 3 is 2.64 bits per heavy atom. The van der Waals surface area contributed by atoms with Crippen molar-refractivity contribution in [1.82, 2.24) is 4.98 Å². The Morgan fingerprint density at radius 2 is 1.95 bits per heavy atom. The number of pyridine rings is 1. The first-order valence-corrected chi connectivity index (χ1v) is 7.10. The highest BCUT2D eigenvalue weighted by Gasteiger charge is 2.39. The van der Waals surface area contributed by atoms with Crippen molar-refractivity contribution in [3.63, 3.8) is 0 Å². The summed E-state index contributed by atoms with van der Waals surface area (Å²) in [5, 5.41) is 4.05. The van der Waals surface area contributed by atoms with Crippen LogP contribution in [0.3, 0.4) is 0 Å². The second-order valence-corrected chi connectivity index (χ2v) is 5.56. The summed E-state index contributed by atoms with van der Waals surface area (Å²) in [6, 6.07) is 9.67. The average molecular weight is 342 g/mol. The first-order valence-electron chi connectivity index (χ1n) is 7.10. The molecule has 0 bridgehead atoms. The molecule has 0 unspecified atom stereocenters. The molecule has 0 atom stereocenters. The van der Waals surface area contributed by atoms with Crippen LogP contribution in [0.15, 0.2) is 36.5 Å². The highest BCUT2D eigenvalue weighted by molar-refractivity contribution is 5.97. The van der Waals surface area contributed by atoms with E-state index in [-0.39, 0.29) is 36.1 Å². The van der Waals surface area contributed by atoms with E-state index in [1.807, 2.05) is 30.3 Å². The summed E-state index contributed by atoms with van der Waals surface area (Å²) < 4.78 is 0. The molecule has 1 aromatic heterocycles. The minimum Gasteiger partial charge on any atom is -0.329 e. The summed E-state index contributed by atoms with van der Waals surface area (Å²) in [4.78, 5) is 16.8. The van der Waals surface area contributed by atoms with Gasteiger partial charge in [-0.1, -0.05) is 18.9 Å². The van der Waals surface area contributed by atoms with Crippen LogP contribution < -0.4 is 11.1 Å². The Morgan fingerprint density at radius 1 is 1.23 bits per heavy atom. The summed E-state index contributed by atoms with van der Waals surface area (Å²) in [7, 11) is 0. The molecule has 2 aromatic rings. The molecule has 0 radical (unpaired) electrons. The molecule has 1 aromatic carbocycles. The van der Waals surface area contributed by atoms with E-state index in [4.69, 9.17) is 5.73 Å². The summed E-state index contributed by atoms with van der Waals surface area (Å²) in [5.74, 6) is 0.0562. The number of benzene rings is 1. The van der Waals surface area contributed by atoms with E-state index in [1.165, 1.54) is 0 Å². The number of nitrogens with one attached hydrogen (secondary N) is 1. The third kappa shape index (κ3) is 3.51. The fourth-order valence-corrected chi connectivity index (χ4v) is 2.99. The number of hydrogen-bond donors (Lipinski definition) is 2. The second kappa shape index (κ2) is 7.77. The monoisotopic (exact) mass is 341 g/mol. The number of anilines is 1. The number of aromatic nitrogens is 1. The molecule has 1 saturated carbocycles. The maximum Gasteiger partial charge on any atom is 0.231 e. The van der Waals surface area contributed by atoms with Crippen molar-refractivity contribution in [3.05, 3.63) is 36.5 Å². The largest absolute Gasteiger partial charge is 0.329 e. The lowest BCUT2D eigenvalue weighted by Crippen LogP contribution is -2.40. The van der Waals surface area contributed by atoms with Gasteiger partial charge in [-0.3, -0.25) is 9.78 Å². The number of rotatable bonds is 3. The number of fused-ring (bicyclic) bond motifs is 1. The number of amides is 1. The molecule has 1 amide bonds. The van der Waals surface area contributed by atoms with Crippen LogP contribution in [0.25, 0.3) is 10.9 Å². The van der Waals surface area contributed by atoms with Gasteiger partial charge in [0.1, 0.15) is 0 Å². The van der Waals surface area contributed by atoms with Crippen LogP contribution in [0.4, 0.5) is 5.69 Å². The van der Waals surface area contributed by atoms with Crippen molar-refractivity contribution in [2.24, 2.45) is 11.1 Å². The van der Waals surface area contributed by atoms with Gasteiger partial charge in [-0.2, -0.15) is 0 Å². The third-order valence-corrected chi connectivity index (χ3v) is 4.29. The number of hydrogen-bond acceptors (Lipinski definition) is 3. The van der Waals surface area contributed by atoms with Gasteiger partial charge >= 0.3 is 0 Å². The van der Waals surface area contributed by atoms with Gasteiger partial charge < -0.3 is 11.1 Å². The Balaban J connectivity index is 0.00000121. The number of nitrogens with zero attached hydrogens (tertiary/aromatic N) is 1. The molecule has 0 spiro atoms. The van der Waals surface area contributed by atoms with Crippen molar-refractivity contribution in [2.75, 3.05) is 11.9 Å². The molecule has 1 aliphatic carbocycles. The van der Waals surface area contributed by atoms with Crippen molar-refractivity contribution in [3.8, 4) is 0 Å². The quantitative estimate of drug-likeness (QED) is 0.897. The second-order valence-electron chi connectivity index (χ2n) is 5.56. The zero-order valence-electron chi connectivity index (χ0n) is 12.2. The van der Waals surface area contributed by atoms with E-state index >= 15 is 0 Å². The minimum absolute atomic E-state index is 0. The Bertz CT molecular complexity index is 642. The first kappa shape index (κ1) is 18.7. The van der Waals surface area contributed by atoms with Gasteiger partial charge in [-0.05, 0) is 37.1 Å². The number of carbonyl (C=O) groups excluding carboxylic acids is 1. The van der Waals surface area contributed by atoms with Crippen molar-refractivity contribution in [1.29, 1.82) is 0 Å². The Labute approximate surface area is 142 Å². The van der Waals surface area contributed by atoms with Crippen LogP contribution in [-0.2, 0) is 4.79 Å². The average Bonchev–Trinajstić information content (AvgIpc) is 2.97. The fourth-order valence-electron chi connectivity index (χ4n) is 2.99. The number of halogens is 2. The number of carbonyl (C=O) groups is 1. The molecule has 3 N–H and O–H groups in total. The maximum absolute atomic E-state index is 12.5. The van der Waals surface area contributed by atoms with Gasteiger partial charge in [0, 0.05) is 23.8 Å². The van der Waals surface area contributed by atoms with Crippen molar-refractivity contribution >= 4 is 47.3 Å². The predicted molar refractivity (Wildman–Crippen MR) is 94.8 cm³/mol. The maximum atomic E-state index is 12.5. The highest BCUT2D eigenvalue weighted by Crippen LogP contribution is 2.38.